The molecule has 0 atom stereocenters. The number of hydrogen-bond donors (Lipinski definition) is 0. The predicted octanol–water partition coefficient (Wildman–Crippen LogP) is 18.4. The largest absolute Gasteiger partial charge is 0.376 e. The molecule has 0 amide bonds. The third-order valence-electron chi connectivity index (χ3n) is 24.8. The van der Waals surface area contributed by atoms with Gasteiger partial charge in [0.05, 0.1) is 22.1 Å². The fraction of sp³-hybridized carbons (Fsp3) is 0.217. The van der Waals surface area contributed by atoms with Crippen molar-refractivity contribution in [2.45, 2.75) is 130 Å². The molecule has 0 fully saturated rings. The molecule has 20 rings (SSSR count). The van der Waals surface area contributed by atoms with Crippen molar-refractivity contribution in [3.63, 3.8) is 0 Å². The lowest BCUT2D eigenvalue weighted by atomic mass is 9.43. The van der Waals surface area contributed by atoms with Gasteiger partial charge in [-0.25, -0.2) is 0 Å². The van der Waals surface area contributed by atoms with Crippen LogP contribution in [0.1, 0.15) is 104 Å². The van der Waals surface area contributed by atoms with Gasteiger partial charge in [0.2, 0.25) is 0 Å². The zero-order valence-electron chi connectivity index (χ0n) is 60.5. The van der Waals surface area contributed by atoms with Gasteiger partial charge in [0.15, 0.2) is 0 Å². The summed E-state index contributed by atoms with van der Waals surface area (Å²) < 4.78 is 5.41. The van der Waals surface area contributed by atoms with E-state index in [0.29, 0.717) is 0 Å². The first-order valence-electron chi connectivity index (χ1n) is 36.6. The average molecular weight is 1320 g/mol. The van der Waals surface area contributed by atoms with Crippen molar-refractivity contribution in [2.75, 3.05) is 9.62 Å². The van der Waals surface area contributed by atoms with Gasteiger partial charge in [-0.2, -0.15) is 0 Å². The molecule has 0 spiro atoms. The fourth-order valence-corrected chi connectivity index (χ4v) is 26.9. The van der Waals surface area contributed by atoms with Crippen molar-refractivity contribution < 1.29 is 0 Å². The van der Waals surface area contributed by atoms with Crippen LogP contribution in [0.4, 0.5) is 22.7 Å². The van der Waals surface area contributed by atoms with Gasteiger partial charge in [0, 0.05) is 66.8 Å². The zero-order valence-corrected chi connectivity index (χ0v) is 62.5. The standard InChI is InChI=1S/C92H84B2N4Si2/c1-89(2,3)55-38-43-60(44-39-55)98-72-46-40-56(90(4,5)6)50-65(72)78-79-63-31-21-26-36-75(63)99(12,13)87(79)82-64-51-58(42-45-70(64)96-74-47-41-57(91(7,8)9)52-68(74)94(98)84(78)86(82)96)92(10,11)53-54-37-48-76-66(49-54)80-77-62-30-20-24-34-71(62)97(59-27-17-16-18-28-59)93-67-32-22-25-35-73(67)95-69-33-23-19-29-61(69)81(85(95)83(77)93)88(80)100(76,14)15/h16-52H,53H2,1-15H3. The van der Waals surface area contributed by atoms with Crippen molar-refractivity contribution in [3.8, 4) is 55.9 Å². The molecule has 12 aromatic carbocycles. The van der Waals surface area contributed by atoms with Crippen molar-refractivity contribution >= 4 is 139 Å². The van der Waals surface area contributed by atoms with E-state index in [4.69, 9.17) is 0 Å². The van der Waals surface area contributed by atoms with Crippen LogP contribution < -0.4 is 52.2 Å². The molecule has 0 radical (unpaired) electrons. The molecule has 0 N–H and O–H groups in total. The third-order valence-corrected chi connectivity index (χ3v) is 31.9. The normalized spacial score (nSPS) is 15.5. The van der Waals surface area contributed by atoms with Gasteiger partial charge in [-0.1, -0.05) is 254 Å². The van der Waals surface area contributed by atoms with Crippen LogP contribution in [0, 0.1) is 0 Å². The second kappa shape index (κ2) is 19.9. The molecule has 0 aliphatic carbocycles. The summed E-state index contributed by atoms with van der Waals surface area (Å²) >= 11 is 0. The molecule has 0 unspecified atom stereocenters. The minimum atomic E-state index is -2.42. The smallest absolute Gasteiger partial charge is 0.333 e. The number of fused-ring (bicyclic) bond motifs is 26. The summed E-state index contributed by atoms with van der Waals surface area (Å²) in [4.78, 5) is 5.42. The monoisotopic (exact) mass is 1320 g/mol. The number of aromatic nitrogens is 2. The summed E-state index contributed by atoms with van der Waals surface area (Å²) in [5.74, 6) is 0. The Morgan fingerprint density at radius 2 is 0.830 bits per heavy atom. The maximum atomic E-state index is 2.76. The highest BCUT2D eigenvalue weighted by Gasteiger charge is 2.53. The maximum absolute atomic E-state index is 2.76. The van der Waals surface area contributed by atoms with E-state index >= 15 is 0 Å². The third kappa shape index (κ3) is 7.85. The molecular formula is C92H84B2N4Si2. The molecule has 4 nitrogen and oxygen atoms in total. The molecule has 486 valence electrons. The predicted molar refractivity (Wildman–Crippen MR) is 437 cm³/mol. The van der Waals surface area contributed by atoms with Crippen LogP contribution in [0.3, 0.4) is 0 Å². The lowest BCUT2D eigenvalue weighted by molar-refractivity contribution is 0.523. The van der Waals surface area contributed by atoms with E-state index in [2.05, 4.69) is 346 Å². The molecule has 0 bridgehead atoms. The van der Waals surface area contributed by atoms with Gasteiger partial charge in [0.25, 0.3) is 0 Å². The highest BCUT2D eigenvalue weighted by molar-refractivity contribution is 7.07. The van der Waals surface area contributed by atoms with E-state index in [9.17, 15) is 0 Å². The molecule has 2 aromatic heterocycles. The lowest BCUT2D eigenvalue weighted by Gasteiger charge is -2.44. The molecule has 8 heterocycles. The van der Waals surface area contributed by atoms with E-state index in [1.54, 1.807) is 20.7 Å². The van der Waals surface area contributed by atoms with Crippen molar-refractivity contribution in [3.05, 3.63) is 252 Å². The highest BCUT2D eigenvalue weighted by Crippen LogP contribution is 2.54. The first-order valence-corrected chi connectivity index (χ1v) is 42.6. The Morgan fingerprint density at radius 1 is 0.340 bits per heavy atom. The molecule has 6 aliphatic rings. The van der Waals surface area contributed by atoms with Gasteiger partial charge < -0.3 is 18.8 Å². The zero-order chi connectivity index (χ0) is 68.5. The van der Waals surface area contributed by atoms with Crippen molar-refractivity contribution in [2.24, 2.45) is 0 Å². The Morgan fingerprint density at radius 3 is 1.52 bits per heavy atom. The molecule has 0 saturated heterocycles. The Bertz CT molecular complexity index is 6000. The first kappa shape index (κ1) is 60.4. The first-order chi connectivity index (χ1) is 47.8. The van der Waals surface area contributed by atoms with Crippen LogP contribution in [0.15, 0.2) is 224 Å². The summed E-state index contributed by atoms with van der Waals surface area (Å²) in [5.41, 5.74) is 36.3. The van der Waals surface area contributed by atoms with Crippen LogP contribution in [-0.2, 0) is 28.1 Å². The summed E-state index contributed by atoms with van der Waals surface area (Å²) in [6.45, 7) is 36.8. The van der Waals surface area contributed by atoms with E-state index in [-0.39, 0.29) is 35.4 Å². The van der Waals surface area contributed by atoms with Crippen molar-refractivity contribution in [1.82, 2.24) is 9.13 Å². The molecular weight excluding hydrogens is 1240 g/mol. The van der Waals surface area contributed by atoms with Crippen LogP contribution in [-0.4, -0.2) is 39.0 Å². The number of hydrogen-bond acceptors (Lipinski definition) is 2. The van der Waals surface area contributed by atoms with E-state index in [1.165, 1.54) is 172 Å². The number of nitrogens with zero attached hydrogens (tertiary/aromatic N) is 4. The molecule has 14 aromatic rings. The van der Waals surface area contributed by atoms with E-state index < -0.39 is 16.1 Å². The van der Waals surface area contributed by atoms with Gasteiger partial charge >= 0.3 is 13.7 Å². The average Bonchev–Trinajstić information content (AvgIpc) is 1.46. The number of benzene rings is 12. The van der Waals surface area contributed by atoms with Gasteiger partial charge in [-0.05, 0) is 205 Å². The van der Waals surface area contributed by atoms with Gasteiger partial charge in [-0.15, -0.1) is 0 Å². The van der Waals surface area contributed by atoms with Crippen LogP contribution >= 0.6 is 0 Å². The van der Waals surface area contributed by atoms with Gasteiger partial charge in [0.1, 0.15) is 16.1 Å². The SMILES string of the molecule is CC(C)(C)c1ccc(N2B3c4cc(C(C)(C)C)ccc4-n4c5ccc(C(C)(C)Cc6ccc7c(c6)-c6c8c9c%10c(c6[Si]7(C)C)c6ccccc6n%10-c6ccccc6B9N(c6ccccc6)c6ccccc6-8)cc5c5c6c(c(c3c54)-c3cc(C(C)(C)C)ccc32)-c2ccccc2[Si]6(C)C)cc1. The number of anilines is 4. The summed E-state index contributed by atoms with van der Waals surface area (Å²) in [6.07, 6.45) is 0.884. The topological polar surface area (TPSA) is 16.3 Å². The Kier molecular flexibility index (Phi) is 12.0. The summed E-state index contributed by atoms with van der Waals surface area (Å²) in [7, 11) is -4.80. The van der Waals surface area contributed by atoms with Crippen molar-refractivity contribution in [1.29, 1.82) is 0 Å². The van der Waals surface area contributed by atoms with Gasteiger partial charge in [-0.3, -0.25) is 0 Å². The number of para-hydroxylation sites is 4. The fourth-order valence-electron chi connectivity index (χ4n) is 20.0. The minimum absolute atomic E-state index is 0.0173. The molecule has 8 heteroatoms. The minimum Gasteiger partial charge on any atom is -0.376 e. The molecule has 6 aliphatic heterocycles. The van der Waals surface area contributed by atoms with E-state index in [0.717, 1.165) is 6.42 Å². The Labute approximate surface area is 592 Å². The van der Waals surface area contributed by atoms with Crippen LogP contribution in [0.2, 0.25) is 26.2 Å². The molecule has 100 heavy (non-hydrogen) atoms. The summed E-state index contributed by atoms with van der Waals surface area (Å²) in [5, 5.41) is 11.9. The van der Waals surface area contributed by atoms with Crippen LogP contribution in [0.5, 0.6) is 0 Å². The summed E-state index contributed by atoms with van der Waals surface area (Å²) in [6, 6.07) is 89.0. The second-order valence-electron chi connectivity index (χ2n) is 34.9. The number of rotatable bonds is 5. The van der Waals surface area contributed by atoms with E-state index in [1.807, 2.05) is 0 Å². The highest BCUT2D eigenvalue weighted by atomic mass is 28.3. The lowest BCUT2D eigenvalue weighted by Crippen LogP contribution is -2.61. The Balaban J connectivity index is 0.823. The molecule has 0 saturated carbocycles. The maximum Gasteiger partial charge on any atom is 0.333 e. The Hall–Kier alpha value is -9.60. The second-order valence-corrected chi connectivity index (χ2v) is 43.5. The van der Waals surface area contributed by atoms with Crippen LogP contribution in [0.25, 0.3) is 99.5 Å². The quantitative estimate of drug-likeness (QED) is 0.160.